The number of hydrogen-bond acceptors (Lipinski definition) is 4. The first kappa shape index (κ1) is 19.6. The lowest BCUT2D eigenvalue weighted by molar-refractivity contribution is 0.0944. The molecule has 0 fully saturated rings. The monoisotopic (exact) mass is 397 g/mol. The average Bonchev–Trinajstić information content (AvgIpc) is 3.03. The predicted molar refractivity (Wildman–Crippen MR) is 108 cm³/mol. The van der Waals surface area contributed by atoms with Crippen LogP contribution in [0.5, 0.6) is 0 Å². The van der Waals surface area contributed by atoms with Crippen LogP contribution in [0, 0.1) is 6.92 Å². The average molecular weight is 398 g/mol. The lowest BCUT2D eigenvalue weighted by Crippen LogP contribution is -2.31. The third-order valence-electron chi connectivity index (χ3n) is 3.88. The highest BCUT2D eigenvalue weighted by Gasteiger charge is 2.19. The van der Waals surface area contributed by atoms with Gasteiger partial charge in [-0.2, -0.15) is 9.90 Å². The normalized spacial score (nSPS) is 10.8. The number of halogens is 1. The minimum Gasteiger partial charge on any atom is -0.350 e. The van der Waals surface area contributed by atoms with Crippen molar-refractivity contribution in [3.05, 3.63) is 70.5 Å². The molecule has 144 valence electrons. The number of anilines is 1. The fourth-order valence-corrected chi connectivity index (χ4v) is 2.80. The number of para-hydroxylation sites is 1. The van der Waals surface area contributed by atoms with E-state index in [-0.39, 0.29) is 17.6 Å². The van der Waals surface area contributed by atoms with E-state index in [9.17, 15) is 9.59 Å². The van der Waals surface area contributed by atoms with E-state index in [0.717, 1.165) is 0 Å². The van der Waals surface area contributed by atoms with Crippen molar-refractivity contribution in [2.45, 2.75) is 26.8 Å². The van der Waals surface area contributed by atoms with Gasteiger partial charge in [0.25, 0.3) is 11.8 Å². The maximum atomic E-state index is 12.8. The number of rotatable bonds is 5. The summed E-state index contributed by atoms with van der Waals surface area (Å²) < 4.78 is 0. The SMILES string of the molecule is Cc1nn(-c2cccc(Cl)c2)nc1C(=O)Nc1ccccc1C(=O)NC(C)C. The summed E-state index contributed by atoms with van der Waals surface area (Å²) in [5.41, 5.74) is 2.05. The molecule has 2 N–H and O–H groups in total. The van der Waals surface area contributed by atoms with Crippen LogP contribution in [-0.4, -0.2) is 32.9 Å². The Kier molecular flexibility index (Phi) is 5.75. The molecule has 0 radical (unpaired) electrons. The van der Waals surface area contributed by atoms with Gasteiger partial charge in [0, 0.05) is 11.1 Å². The Labute approximate surface area is 167 Å². The quantitative estimate of drug-likeness (QED) is 0.688. The Morgan fingerprint density at radius 1 is 1.04 bits per heavy atom. The van der Waals surface area contributed by atoms with Gasteiger partial charge >= 0.3 is 0 Å². The summed E-state index contributed by atoms with van der Waals surface area (Å²) >= 11 is 6.01. The molecule has 3 aromatic rings. The zero-order chi connectivity index (χ0) is 20.3. The minimum atomic E-state index is -0.449. The Bertz CT molecular complexity index is 1030. The Balaban J connectivity index is 1.86. The first-order valence-electron chi connectivity index (χ1n) is 8.76. The molecular formula is C20H20ClN5O2. The number of benzene rings is 2. The highest BCUT2D eigenvalue weighted by Crippen LogP contribution is 2.18. The van der Waals surface area contributed by atoms with Crippen LogP contribution >= 0.6 is 11.6 Å². The fourth-order valence-electron chi connectivity index (χ4n) is 2.62. The summed E-state index contributed by atoms with van der Waals surface area (Å²) in [6.45, 7) is 5.44. The first-order valence-corrected chi connectivity index (χ1v) is 9.14. The van der Waals surface area contributed by atoms with Gasteiger partial charge in [-0.3, -0.25) is 9.59 Å². The van der Waals surface area contributed by atoms with Gasteiger partial charge < -0.3 is 10.6 Å². The molecule has 0 bridgehead atoms. The molecule has 0 saturated heterocycles. The molecular weight excluding hydrogens is 378 g/mol. The second-order valence-corrected chi connectivity index (χ2v) is 6.97. The van der Waals surface area contributed by atoms with E-state index >= 15 is 0 Å². The number of amides is 2. The van der Waals surface area contributed by atoms with Crippen molar-refractivity contribution < 1.29 is 9.59 Å². The third kappa shape index (κ3) is 4.37. The lowest BCUT2D eigenvalue weighted by atomic mass is 10.1. The van der Waals surface area contributed by atoms with Crippen molar-refractivity contribution in [2.75, 3.05) is 5.32 Å². The van der Waals surface area contributed by atoms with Crippen LogP contribution < -0.4 is 10.6 Å². The molecule has 28 heavy (non-hydrogen) atoms. The van der Waals surface area contributed by atoms with E-state index in [4.69, 9.17) is 11.6 Å². The van der Waals surface area contributed by atoms with Gasteiger partial charge in [0.1, 0.15) is 0 Å². The largest absolute Gasteiger partial charge is 0.350 e. The number of nitrogens with one attached hydrogen (secondary N) is 2. The summed E-state index contributed by atoms with van der Waals surface area (Å²) in [6, 6.07) is 13.8. The van der Waals surface area contributed by atoms with Crippen molar-refractivity contribution >= 4 is 29.1 Å². The van der Waals surface area contributed by atoms with E-state index in [1.807, 2.05) is 13.8 Å². The lowest BCUT2D eigenvalue weighted by Gasteiger charge is -2.12. The van der Waals surface area contributed by atoms with Gasteiger partial charge in [0.05, 0.1) is 22.6 Å². The number of aryl methyl sites for hydroxylation is 1. The van der Waals surface area contributed by atoms with Crippen molar-refractivity contribution in [3.63, 3.8) is 0 Å². The summed E-state index contributed by atoms with van der Waals surface area (Å²) in [5, 5.41) is 14.7. The molecule has 0 aliphatic rings. The molecule has 8 heteroatoms. The smallest absolute Gasteiger partial charge is 0.278 e. The molecule has 0 saturated carbocycles. The maximum absolute atomic E-state index is 12.8. The number of carbonyl (C=O) groups is 2. The highest BCUT2D eigenvalue weighted by atomic mass is 35.5. The summed E-state index contributed by atoms with van der Waals surface area (Å²) in [6.07, 6.45) is 0. The van der Waals surface area contributed by atoms with Crippen LogP contribution in [0.3, 0.4) is 0 Å². The molecule has 0 aliphatic carbocycles. The minimum absolute atomic E-state index is 0.0175. The number of hydrogen-bond donors (Lipinski definition) is 2. The summed E-state index contributed by atoms with van der Waals surface area (Å²) in [4.78, 5) is 26.5. The van der Waals surface area contributed by atoms with Crippen LogP contribution in [0.4, 0.5) is 5.69 Å². The van der Waals surface area contributed by atoms with Gasteiger partial charge in [-0.05, 0) is 51.1 Å². The highest BCUT2D eigenvalue weighted by molar-refractivity contribution is 6.30. The standard InChI is InChI=1S/C20H20ClN5O2/c1-12(2)22-19(27)16-9-4-5-10-17(16)23-20(28)18-13(3)24-26(25-18)15-8-6-7-14(21)11-15/h4-12H,1-3H3,(H,22,27)(H,23,28). The zero-order valence-corrected chi connectivity index (χ0v) is 16.5. The van der Waals surface area contributed by atoms with Gasteiger partial charge in [0.2, 0.25) is 0 Å². The molecule has 7 nitrogen and oxygen atoms in total. The van der Waals surface area contributed by atoms with E-state index in [1.165, 1.54) is 4.80 Å². The van der Waals surface area contributed by atoms with Crippen LogP contribution in [0.25, 0.3) is 5.69 Å². The van der Waals surface area contributed by atoms with Crippen molar-refractivity contribution in [1.82, 2.24) is 20.3 Å². The third-order valence-corrected chi connectivity index (χ3v) is 4.11. The van der Waals surface area contributed by atoms with E-state index in [2.05, 4.69) is 20.8 Å². The fraction of sp³-hybridized carbons (Fsp3) is 0.200. The molecule has 0 spiro atoms. The van der Waals surface area contributed by atoms with Crippen molar-refractivity contribution in [3.8, 4) is 5.69 Å². The Morgan fingerprint density at radius 3 is 2.50 bits per heavy atom. The Hall–Kier alpha value is -3.19. The Morgan fingerprint density at radius 2 is 1.79 bits per heavy atom. The van der Waals surface area contributed by atoms with Crippen molar-refractivity contribution in [1.29, 1.82) is 0 Å². The molecule has 0 atom stereocenters. The van der Waals surface area contributed by atoms with Crippen LogP contribution in [0.1, 0.15) is 40.4 Å². The van der Waals surface area contributed by atoms with Gasteiger partial charge in [-0.25, -0.2) is 0 Å². The molecule has 2 aromatic carbocycles. The van der Waals surface area contributed by atoms with E-state index < -0.39 is 5.91 Å². The topological polar surface area (TPSA) is 88.9 Å². The van der Waals surface area contributed by atoms with Crippen LogP contribution in [0.15, 0.2) is 48.5 Å². The number of nitrogens with zero attached hydrogens (tertiary/aromatic N) is 3. The van der Waals surface area contributed by atoms with Crippen molar-refractivity contribution in [2.24, 2.45) is 0 Å². The molecule has 1 aromatic heterocycles. The van der Waals surface area contributed by atoms with E-state index in [0.29, 0.717) is 27.7 Å². The molecule has 1 heterocycles. The predicted octanol–water partition coefficient (Wildman–Crippen LogP) is 3.62. The second kappa shape index (κ2) is 8.22. The molecule has 0 unspecified atom stereocenters. The number of aromatic nitrogens is 3. The molecule has 2 amide bonds. The van der Waals surface area contributed by atoms with Crippen LogP contribution in [-0.2, 0) is 0 Å². The first-order chi connectivity index (χ1) is 13.3. The number of carbonyl (C=O) groups excluding carboxylic acids is 2. The van der Waals surface area contributed by atoms with Gasteiger partial charge in [-0.15, -0.1) is 5.10 Å². The second-order valence-electron chi connectivity index (χ2n) is 6.53. The zero-order valence-electron chi connectivity index (χ0n) is 15.7. The summed E-state index contributed by atoms with van der Waals surface area (Å²) in [5.74, 6) is -0.708. The van der Waals surface area contributed by atoms with E-state index in [1.54, 1.807) is 55.5 Å². The molecule has 3 rings (SSSR count). The maximum Gasteiger partial charge on any atom is 0.278 e. The van der Waals surface area contributed by atoms with Crippen LogP contribution in [0.2, 0.25) is 5.02 Å². The summed E-state index contributed by atoms with van der Waals surface area (Å²) in [7, 11) is 0. The molecule has 0 aliphatic heterocycles. The van der Waals surface area contributed by atoms with Gasteiger partial charge in [0.15, 0.2) is 5.69 Å². The van der Waals surface area contributed by atoms with Gasteiger partial charge in [-0.1, -0.05) is 29.8 Å².